The molecule has 0 aromatic carbocycles. The van der Waals surface area contributed by atoms with E-state index in [2.05, 4.69) is 5.32 Å². The predicted molar refractivity (Wildman–Crippen MR) is 66.7 cm³/mol. The molecule has 0 aromatic rings. The van der Waals surface area contributed by atoms with Crippen molar-refractivity contribution < 1.29 is 14.6 Å². The summed E-state index contributed by atoms with van der Waals surface area (Å²) in [5, 5.41) is 13.4. The van der Waals surface area contributed by atoms with E-state index in [9.17, 15) is 5.11 Å². The maximum absolute atomic E-state index is 10.1. The molecule has 0 radical (unpaired) electrons. The third-order valence-corrected chi connectivity index (χ3v) is 2.79. The lowest BCUT2D eigenvalue weighted by molar-refractivity contribution is -0.251. The summed E-state index contributed by atoms with van der Waals surface area (Å²) in [5.41, 5.74) is -0.337. The van der Waals surface area contributed by atoms with Gasteiger partial charge in [-0.25, -0.2) is 4.90 Å². The van der Waals surface area contributed by atoms with E-state index in [1.807, 2.05) is 25.7 Å². The first-order chi connectivity index (χ1) is 7.94. The molecule has 5 nitrogen and oxygen atoms in total. The number of piperazine rings is 1. The Morgan fingerprint density at radius 3 is 2.76 bits per heavy atom. The van der Waals surface area contributed by atoms with Crippen molar-refractivity contribution in [1.82, 2.24) is 10.2 Å². The van der Waals surface area contributed by atoms with Crippen molar-refractivity contribution in [3.63, 3.8) is 0 Å². The van der Waals surface area contributed by atoms with Crippen LogP contribution < -0.4 is 5.32 Å². The predicted octanol–water partition coefficient (Wildman–Crippen LogP) is 0.388. The van der Waals surface area contributed by atoms with Gasteiger partial charge in [-0.3, -0.25) is 0 Å². The van der Waals surface area contributed by atoms with Gasteiger partial charge in [0.1, 0.15) is 0 Å². The Hall–Kier alpha value is -0.200. The molecule has 0 saturated carbocycles. The molecular weight excluding hydrogens is 220 g/mol. The van der Waals surface area contributed by atoms with Gasteiger partial charge in [-0.1, -0.05) is 0 Å². The van der Waals surface area contributed by atoms with Gasteiger partial charge in [0.05, 0.1) is 5.60 Å². The molecule has 1 rings (SSSR count). The summed E-state index contributed by atoms with van der Waals surface area (Å²) >= 11 is 0. The van der Waals surface area contributed by atoms with Gasteiger partial charge in [-0.2, -0.15) is 0 Å². The minimum Gasteiger partial charge on any atom is -0.385 e. The van der Waals surface area contributed by atoms with E-state index in [0.29, 0.717) is 6.61 Å². The summed E-state index contributed by atoms with van der Waals surface area (Å²) < 4.78 is 10.7. The van der Waals surface area contributed by atoms with Gasteiger partial charge in [0.25, 0.3) is 0 Å². The van der Waals surface area contributed by atoms with Crippen LogP contribution in [0.3, 0.4) is 0 Å². The van der Waals surface area contributed by atoms with Gasteiger partial charge in [0.15, 0.2) is 0 Å². The highest BCUT2D eigenvalue weighted by Gasteiger charge is 2.30. The molecule has 2 atom stereocenters. The van der Waals surface area contributed by atoms with E-state index in [4.69, 9.17) is 9.47 Å². The zero-order chi connectivity index (χ0) is 12.9. The molecule has 1 saturated heterocycles. The number of nitrogens with one attached hydrogen (secondary N) is 1. The van der Waals surface area contributed by atoms with Gasteiger partial charge in [0, 0.05) is 39.4 Å². The minimum absolute atomic E-state index is 0.265. The molecule has 1 fully saturated rings. The fourth-order valence-corrected chi connectivity index (χ4v) is 1.97. The number of aliphatic hydroxyl groups excluding tert-OH is 1. The average Bonchev–Trinajstić information content (AvgIpc) is 2.24. The number of methoxy groups -OCH3 is 1. The molecule has 5 heteroatoms. The Balaban J connectivity index is 2.51. The summed E-state index contributed by atoms with van der Waals surface area (Å²) in [7, 11) is 1.70. The van der Waals surface area contributed by atoms with Crippen LogP contribution in [0.25, 0.3) is 0 Å². The molecule has 2 N–H and O–H groups in total. The van der Waals surface area contributed by atoms with Crippen molar-refractivity contribution in [2.45, 2.75) is 45.2 Å². The molecule has 0 spiro atoms. The summed E-state index contributed by atoms with van der Waals surface area (Å²) in [6, 6.07) is 0.265. The molecule has 1 aliphatic rings. The second-order valence-electron chi connectivity index (χ2n) is 5.43. The number of aliphatic hydroxyl groups is 1. The van der Waals surface area contributed by atoms with E-state index in [-0.39, 0.29) is 11.6 Å². The number of hydrogen-bond donors (Lipinski definition) is 2. The van der Waals surface area contributed by atoms with Crippen LogP contribution in [0.15, 0.2) is 0 Å². The molecule has 0 aliphatic carbocycles. The van der Waals surface area contributed by atoms with Gasteiger partial charge in [-0.05, 0) is 27.2 Å². The highest BCUT2D eigenvalue weighted by molar-refractivity contribution is 4.80. The Kier molecular flexibility index (Phi) is 5.82. The lowest BCUT2D eigenvalue weighted by Crippen LogP contribution is -2.57. The molecule has 0 bridgehead atoms. The molecule has 0 amide bonds. The van der Waals surface area contributed by atoms with Crippen molar-refractivity contribution in [2.24, 2.45) is 0 Å². The standard InChI is InChI=1S/C12H26N2O3/c1-12(2,3)17-11(15)14-7-6-13-9-10(14)5-8-16-4/h10-11,13,15H,5-9H2,1-4H3/t10-,11?/m0/s1. The van der Waals surface area contributed by atoms with Gasteiger partial charge < -0.3 is 19.9 Å². The van der Waals surface area contributed by atoms with Crippen molar-refractivity contribution >= 4 is 0 Å². The molecule has 17 heavy (non-hydrogen) atoms. The van der Waals surface area contributed by atoms with Gasteiger partial charge in [-0.15, -0.1) is 0 Å². The monoisotopic (exact) mass is 246 g/mol. The van der Waals surface area contributed by atoms with Crippen LogP contribution in [0.1, 0.15) is 27.2 Å². The van der Waals surface area contributed by atoms with Crippen molar-refractivity contribution in [1.29, 1.82) is 0 Å². The second kappa shape index (κ2) is 6.66. The number of rotatable bonds is 5. The highest BCUT2D eigenvalue weighted by Crippen LogP contribution is 2.17. The lowest BCUT2D eigenvalue weighted by atomic mass is 10.1. The Bertz CT molecular complexity index is 218. The summed E-state index contributed by atoms with van der Waals surface area (Å²) in [5.74, 6) is 0. The Morgan fingerprint density at radius 1 is 1.47 bits per heavy atom. The minimum atomic E-state index is -0.834. The number of hydrogen-bond acceptors (Lipinski definition) is 5. The normalized spacial score (nSPS) is 24.9. The first-order valence-corrected chi connectivity index (χ1v) is 6.25. The molecule has 1 unspecified atom stereocenters. The van der Waals surface area contributed by atoms with Crippen LogP contribution in [-0.4, -0.2) is 61.4 Å². The van der Waals surface area contributed by atoms with E-state index < -0.39 is 6.41 Å². The zero-order valence-corrected chi connectivity index (χ0v) is 11.4. The molecule has 1 aliphatic heterocycles. The van der Waals surface area contributed by atoms with Crippen molar-refractivity contribution in [3.8, 4) is 0 Å². The van der Waals surface area contributed by atoms with Crippen molar-refractivity contribution in [2.75, 3.05) is 33.4 Å². The number of ether oxygens (including phenoxy) is 2. The van der Waals surface area contributed by atoms with Crippen LogP contribution in [0.5, 0.6) is 0 Å². The Morgan fingerprint density at radius 2 is 2.18 bits per heavy atom. The SMILES string of the molecule is COCC[C@H]1CNCCN1C(O)OC(C)(C)C. The fourth-order valence-electron chi connectivity index (χ4n) is 1.97. The summed E-state index contributed by atoms with van der Waals surface area (Å²) in [6.45, 7) is 9.09. The smallest absolute Gasteiger partial charge is 0.216 e. The topological polar surface area (TPSA) is 54.0 Å². The second-order valence-corrected chi connectivity index (χ2v) is 5.43. The molecule has 1 heterocycles. The number of nitrogens with zero attached hydrogens (tertiary/aromatic N) is 1. The van der Waals surface area contributed by atoms with Gasteiger partial charge in [0.2, 0.25) is 6.41 Å². The lowest BCUT2D eigenvalue weighted by Gasteiger charge is -2.40. The molecule has 102 valence electrons. The highest BCUT2D eigenvalue weighted by atomic mass is 16.6. The first kappa shape index (κ1) is 14.9. The van der Waals surface area contributed by atoms with E-state index >= 15 is 0 Å². The maximum Gasteiger partial charge on any atom is 0.216 e. The summed E-state index contributed by atoms with van der Waals surface area (Å²) in [4.78, 5) is 2.00. The third kappa shape index (κ3) is 5.31. The maximum atomic E-state index is 10.1. The van der Waals surface area contributed by atoms with Crippen LogP contribution in [-0.2, 0) is 9.47 Å². The van der Waals surface area contributed by atoms with E-state index in [1.165, 1.54) is 0 Å². The summed E-state index contributed by atoms with van der Waals surface area (Å²) in [6.07, 6.45) is 0.0626. The largest absolute Gasteiger partial charge is 0.385 e. The average molecular weight is 246 g/mol. The van der Waals surface area contributed by atoms with Crippen LogP contribution >= 0.6 is 0 Å². The molecule has 0 aromatic heterocycles. The van der Waals surface area contributed by atoms with E-state index in [0.717, 1.165) is 26.1 Å². The van der Waals surface area contributed by atoms with E-state index in [1.54, 1.807) is 7.11 Å². The zero-order valence-electron chi connectivity index (χ0n) is 11.4. The van der Waals surface area contributed by atoms with Crippen LogP contribution in [0.2, 0.25) is 0 Å². The third-order valence-electron chi connectivity index (χ3n) is 2.79. The first-order valence-electron chi connectivity index (χ1n) is 6.25. The van der Waals surface area contributed by atoms with Crippen LogP contribution in [0.4, 0.5) is 0 Å². The molecular formula is C12H26N2O3. The van der Waals surface area contributed by atoms with Gasteiger partial charge >= 0.3 is 0 Å². The van der Waals surface area contributed by atoms with Crippen LogP contribution in [0, 0.1) is 0 Å². The fraction of sp³-hybridized carbons (Fsp3) is 1.00. The quantitative estimate of drug-likeness (QED) is 0.687. The Labute approximate surface area is 104 Å². The van der Waals surface area contributed by atoms with Crippen molar-refractivity contribution in [3.05, 3.63) is 0 Å².